The lowest BCUT2D eigenvalue weighted by atomic mass is 9.81. The molecule has 0 unspecified atom stereocenters. The Morgan fingerprint density at radius 2 is 0.780 bits per heavy atom. The minimum atomic E-state index is -0.138. The van der Waals surface area contributed by atoms with Crippen LogP contribution in [0.4, 0.5) is 0 Å². The van der Waals surface area contributed by atoms with E-state index < -0.39 is 0 Å². The normalized spacial score (nSPS) is 14.7. The molecule has 0 atom stereocenters. The SMILES string of the molecule is CC1(C)c2cc3ccccc3cc2-c2c(-c3cc(-c4cccc5c4-c4cc6ccccc6cc4C5(C)C)nc(-c4ccccc4)n3)cccc21. The number of hydrogen-bond acceptors (Lipinski definition) is 2. The molecule has 0 N–H and O–H groups in total. The van der Waals surface area contributed by atoms with Crippen LogP contribution in [0.5, 0.6) is 0 Å². The Hall–Kier alpha value is -5.86. The van der Waals surface area contributed by atoms with Gasteiger partial charge in [-0.05, 0) is 96.4 Å². The first kappa shape index (κ1) is 29.1. The lowest BCUT2D eigenvalue weighted by Gasteiger charge is -2.22. The highest BCUT2D eigenvalue weighted by Gasteiger charge is 2.39. The van der Waals surface area contributed by atoms with Gasteiger partial charge >= 0.3 is 0 Å². The largest absolute Gasteiger partial charge is 0.228 e. The third-order valence-electron chi connectivity index (χ3n) is 11.4. The maximum atomic E-state index is 5.36. The van der Waals surface area contributed by atoms with E-state index in [-0.39, 0.29) is 10.8 Å². The van der Waals surface area contributed by atoms with Crippen molar-refractivity contribution in [1.29, 1.82) is 0 Å². The summed E-state index contributed by atoms with van der Waals surface area (Å²) >= 11 is 0. The molecule has 0 spiro atoms. The van der Waals surface area contributed by atoms with Crippen LogP contribution >= 0.6 is 0 Å². The Morgan fingerprint density at radius 1 is 0.360 bits per heavy atom. The van der Waals surface area contributed by atoms with E-state index in [2.05, 4.69) is 173 Å². The Kier molecular flexibility index (Phi) is 6.01. The molecule has 7 aromatic carbocycles. The highest BCUT2D eigenvalue weighted by molar-refractivity contribution is 6.00. The standard InChI is InChI=1S/C48H36N2/c1-47(2)38-22-12-20-34(44(38)36-24-30-16-8-10-18-32(30)26-40(36)47)42-28-43(50-46(49-42)29-14-6-5-7-15-29)35-21-13-23-39-45(35)37-25-31-17-9-11-19-33(31)27-41(37)48(39,3)4/h5-28H,1-4H3. The predicted octanol–water partition coefficient (Wildman–Crippen LogP) is 12.4. The van der Waals surface area contributed by atoms with Gasteiger partial charge in [-0.2, -0.15) is 0 Å². The second-order valence-corrected chi connectivity index (χ2v) is 15.0. The molecule has 1 heterocycles. The van der Waals surface area contributed by atoms with Crippen molar-refractivity contribution in [2.24, 2.45) is 0 Å². The van der Waals surface area contributed by atoms with Crippen molar-refractivity contribution < 1.29 is 0 Å². The van der Waals surface area contributed by atoms with Crippen LogP contribution in [0.2, 0.25) is 0 Å². The molecule has 2 nitrogen and oxygen atoms in total. The first-order chi connectivity index (χ1) is 24.3. The molecule has 0 fully saturated rings. The van der Waals surface area contributed by atoms with E-state index >= 15 is 0 Å². The van der Waals surface area contributed by atoms with Crippen molar-refractivity contribution >= 4 is 21.5 Å². The summed E-state index contributed by atoms with van der Waals surface area (Å²) in [6.07, 6.45) is 0. The minimum absolute atomic E-state index is 0.138. The number of rotatable bonds is 3. The fraction of sp³-hybridized carbons (Fsp3) is 0.125. The van der Waals surface area contributed by atoms with Crippen molar-refractivity contribution in [1.82, 2.24) is 9.97 Å². The Morgan fingerprint density at radius 3 is 1.24 bits per heavy atom. The quantitative estimate of drug-likeness (QED) is 0.192. The first-order valence-corrected chi connectivity index (χ1v) is 17.6. The summed E-state index contributed by atoms with van der Waals surface area (Å²) in [6, 6.07) is 53.1. The highest BCUT2D eigenvalue weighted by atomic mass is 14.9. The van der Waals surface area contributed by atoms with Crippen LogP contribution in [0, 0.1) is 0 Å². The van der Waals surface area contributed by atoms with Crippen molar-refractivity contribution in [3.63, 3.8) is 0 Å². The maximum absolute atomic E-state index is 5.36. The Labute approximate surface area is 293 Å². The predicted molar refractivity (Wildman–Crippen MR) is 208 cm³/mol. The number of nitrogens with zero attached hydrogens (tertiary/aromatic N) is 2. The number of hydrogen-bond donors (Lipinski definition) is 0. The lowest BCUT2D eigenvalue weighted by Crippen LogP contribution is -2.15. The van der Waals surface area contributed by atoms with Crippen LogP contribution in [0.25, 0.3) is 77.7 Å². The fourth-order valence-corrected chi connectivity index (χ4v) is 8.81. The highest BCUT2D eigenvalue weighted by Crippen LogP contribution is 2.55. The van der Waals surface area contributed by atoms with E-state index in [4.69, 9.17) is 9.97 Å². The van der Waals surface area contributed by atoms with Crippen molar-refractivity contribution in [2.75, 3.05) is 0 Å². The number of fused-ring (bicyclic) bond motifs is 8. The zero-order chi connectivity index (χ0) is 33.8. The molecule has 2 heteroatoms. The van der Waals surface area contributed by atoms with Gasteiger partial charge in [0.25, 0.3) is 0 Å². The van der Waals surface area contributed by atoms with Crippen LogP contribution < -0.4 is 0 Å². The zero-order valence-electron chi connectivity index (χ0n) is 28.8. The third kappa shape index (κ3) is 4.08. The van der Waals surface area contributed by atoms with Crippen molar-refractivity contribution in [3.05, 3.63) is 168 Å². The van der Waals surface area contributed by atoms with E-state index in [0.717, 1.165) is 33.9 Å². The molecule has 0 aliphatic heterocycles. The summed E-state index contributed by atoms with van der Waals surface area (Å²) < 4.78 is 0. The van der Waals surface area contributed by atoms with Gasteiger partial charge in [0.2, 0.25) is 0 Å². The summed E-state index contributed by atoms with van der Waals surface area (Å²) in [6.45, 7) is 9.42. The number of benzene rings is 7. The molecule has 0 radical (unpaired) electrons. The Balaban J connectivity index is 1.25. The van der Waals surface area contributed by atoms with Crippen LogP contribution in [-0.2, 0) is 10.8 Å². The maximum Gasteiger partial charge on any atom is 0.160 e. The second kappa shape index (κ2) is 10.3. The summed E-state index contributed by atoms with van der Waals surface area (Å²) in [4.78, 5) is 10.7. The van der Waals surface area contributed by atoms with Gasteiger partial charge in [0.15, 0.2) is 5.82 Å². The van der Waals surface area contributed by atoms with E-state index in [1.165, 1.54) is 66.1 Å². The van der Waals surface area contributed by atoms with Gasteiger partial charge in [-0.3, -0.25) is 0 Å². The van der Waals surface area contributed by atoms with Crippen molar-refractivity contribution in [2.45, 2.75) is 38.5 Å². The van der Waals surface area contributed by atoms with Gasteiger partial charge < -0.3 is 0 Å². The lowest BCUT2D eigenvalue weighted by molar-refractivity contribution is 0.661. The van der Waals surface area contributed by atoms with E-state index in [9.17, 15) is 0 Å². The molecule has 238 valence electrons. The van der Waals surface area contributed by atoms with Crippen molar-refractivity contribution in [3.8, 4) is 56.2 Å². The molecular formula is C48H36N2. The molecule has 10 rings (SSSR count). The molecule has 0 amide bonds. The average Bonchev–Trinajstić information content (AvgIpc) is 3.52. The summed E-state index contributed by atoms with van der Waals surface area (Å²) in [7, 11) is 0. The van der Waals surface area contributed by atoms with Crippen LogP contribution in [0.1, 0.15) is 49.9 Å². The minimum Gasteiger partial charge on any atom is -0.228 e. The molecular weight excluding hydrogens is 605 g/mol. The fourth-order valence-electron chi connectivity index (χ4n) is 8.81. The molecule has 2 aliphatic carbocycles. The topological polar surface area (TPSA) is 25.8 Å². The van der Waals surface area contributed by atoms with Crippen LogP contribution in [-0.4, -0.2) is 9.97 Å². The average molecular weight is 641 g/mol. The first-order valence-electron chi connectivity index (χ1n) is 17.6. The number of aromatic nitrogens is 2. The molecule has 0 bridgehead atoms. The second-order valence-electron chi connectivity index (χ2n) is 15.0. The molecule has 1 aromatic heterocycles. The van der Waals surface area contributed by atoms with Gasteiger partial charge in [0, 0.05) is 27.5 Å². The molecule has 0 saturated carbocycles. The van der Waals surface area contributed by atoms with Gasteiger partial charge in [-0.1, -0.05) is 143 Å². The summed E-state index contributed by atoms with van der Waals surface area (Å²) in [5.41, 5.74) is 15.4. The van der Waals surface area contributed by atoms with Gasteiger partial charge in [-0.15, -0.1) is 0 Å². The van der Waals surface area contributed by atoms with Crippen LogP contribution in [0.15, 0.2) is 146 Å². The van der Waals surface area contributed by atoms with Gasteiger partial charge in [0.1, 0.15) is 0 Å². The zero-order valence-corrected chi connectivity index (χ0v) is 28.8. The van der Waals surface area contributed by atoms with Gasteiger partial charge in [-0.25, -0.2) is 9.97 Å². The van der Waals surface area contributed by atoms with E-state index in [1.807, 2.05) is 0 Å². The van der Waals surface area contributed by atoms with Gasteiger partial charge in [0.05, 0.1) is 11.4 Å². The van der Waals surface area contributed by atoms with E-state index in [1.54, 1.807) is 0 Å². The van der Waals surface area contributed by atoms with E-state index in [0.29, 0.717) is 0 Å². The molecule has 50 heavy (non-hydrogen) atoms. The summed E-state index contributed by atoms with van der Waals surface area (Å²) in [5, 5.41) is 5.06. The smallest absolute Gasteiger partial charge is 0.160 e. The molecule has 2 aliphatic rings. The Bertz CT molecular complexity index is 2530. The molecule has 0 saturated heterocycles. The van der Waals surface area contributed by atoms with Crippen LogP contribution in [0.3, 0.4) is 0 Å². The monoisotopic (exact) mass is 640 g/mol. The molecule has 8 aromatic rings. The third-order valence-corrected chi connectivity index (χ3v) is 11.4. The summed E-state index contributed by atoms with van der Waals surface area (Å²) in [5.74, 6) is 0.736.